The van der Waals surface area contributed by atoms with Crippen molar-refractivity contribution >= 4 is 0 Å². The van der Waals surface area contributed by atoms with Crippen molar-refractivity contribution in [3.63, 3.8) is 0 Å². The van der Waals surface area contributed by atoms with Gasteiger partial charge in [-0.25, -0.2) is 4.98 Å². The van der Waals surface area contributed by atoms with Crippen LogP contribution in [0.2, 0.25) is 0 Å². The monoisotopic (exact) mass is 241 g/mol. The Hall–Kier alpha value is -1.97. The van der Waals surface area contributed by atoms with Crippen molar-refractivity contribution in [1.82, 2.24) is 15.0 Å². The van der Waals surface area contributed by atoms with Crippen LogP contribution in [-0.2, 0) is 0 Å². The van der Waals surface area contributed by atoms with Crippen molar-refractivity contribution in [3.8, 4) is 11.3 Å². The number of H-pyrrole nitrogens is 1. The van der Waals surface area contributed by atoms with E-state index in [4.69, 9.17) is 0 Å². The molecule has 2 heterocycles. The van der Waals surface area contributed by atoms with Crippen molar-refractivity contribution in [2.45, 2.75) is 32.6 Å². The third kappa shape index (κ3) is 1.83. The molecule has 1 fully saturated rings. The average Bonchev–Trinajstić information content (AvgIpc) is 3.18. The molecule has 1 aliphatic rings. The zero-order valence-corrected chi connectivity index (χ0v) is 10.5. The summed E-state index contributed by atoms with van der Waals surface area (Å²) < 4.78 is 0. The molecule has 0 amide bonds. The van der Waals surface area contributed by atoms with Gasteiger partial charge in [0, 0.05) is 29.4 Å². The highest BCUT2D eigenvalue weighted by Crippen LogP contribution is 2.38. The van der Waals surface area contributed by atoms with E-state index in [0.717, 1.165) is 35.5 Å². The number of nitrogens with one attached hydrogen (secondary N) is 1. The van der Waals surface area contributed by atoms with Gasteiger partial charge in [0.05, 0.1) is 5.69 Å². The molecule has 2 aromatic heterocycles. The Morgan fingerprint density at radius 2 is 2.11 bits per heavy atom. The maximum absolute atomic E-state index is 12.0. The standard InChI is InChI=1S/C14H15N3O/c1-8-5-6-15-7-11(8)12-9(2)14(18)17-13(16-12)10-3-4-10/h5-7,10H,3-4H2,1-2H3,(H,16,17,18). The van der Waals surface area contributed by atoms with Crippen molar-refractivity contribution in [2.75, 3.05) is 0 Å². The Bertz CT molecular complexity index is 656. The molecule has 0 radical (unpaired) electrons. The van der Waals surface area contributed by atoms with Gasteiger partial charge in [-0.05, 0) is 38.3 Å². The zero-order valence-electron chi connectivity index (χ0n) is 10.5. The average molecular weight is 241 g/mol. The molecule has 4 nitrogen and oxygen atoms in total. The van der Waals surface area contributed by atoms with Crippen LogP contribution >= 0.6 is 0 Å². The normalized spacial score (nSPS) is 14.8. The number of aromatic nitrogens is 3. The van der Waals surface area contributed by atoms with E-state index in [1.165, 1.54) is 0 Å². The molecule has 92 valence electrons. The largest absolute Gasteiger partial charge is 0.310 e. The van der Waals surface area contributed by atoms with Gasteiger partial charge in [0.25, 0.3) is 5.56 Å². The molecule has 1 aliphatic carbocycles. The first-order valence-corrected chi connectivity index (χ1v) is 6.18. The maximum atomic E-state index is 12.0. The van der Waals surface area contributed by atoms with E-state index < -0.39 is 0 Å². The van der Waals surface area contributed by atoms with Crippen LogP contribution in [0.5, 0.6) is 0 Å². The first kappa shape index (κ1) is 11.1. The van der Waals surface area contributed by atoms with Crippen molar-refractivity contribution in [3.05, 3.63) is 45.8 Å². The first-order valence-electron chi connectivity index (χ1n) is 6.18. The lowest BCUT2D eigenvalue weighted by atomic mass is 10.1. The lowest BCUT2D eigenvalue weighted by molar-refractivity contribution is 0.899. The second kappa shape index (κ2) is 4.05. The Morgan fingerprint density at radius 1 is 1.33 bits per heavy atom. The zero-order chi connectivity index (χ0) is 12.7. The molecule has 0 aromatic carbocycles. The SMILES string of the molecule is Cc1ccncc1-c1nc(C2CC2)[nH]c(=O)c1C. The summed E-state index contributed by atoms with van der Waals surface area (Å²) in [6.07, 6.45) is 5.78. The fourth-order valence-corrected chi connectivity index (χ4v) is 2.07. The maximum Gasteiger partial charge on any atom is 0.254 e. The van der Waals surface area contributed by atoms with Gasteiger partial charge in [0.2, 0.25) is 0 Å². The topological polar surface area (TPSA) is 58.6 Å². The quantitative estimate of drug-likeness (QED) is 0.877. The lowest BCUT2D eigenvalue weighted by Crippen LogP contribution is -2.16. The number of aromatic amines is 1. The molecule has 1 N–H and O–H groups in total. The van der Waals surface area contributed by atoms with Gasteiger partial charge >= 0.3 is 0 Å². The fourth-order valence-electron chi connectivity index (χ4n) is 2.07. The Balaban J connectivity index is 2.22. The molecule has 0 atom stereocenters. The third-order valence-electron chi connectivity index (χ3n) is 3.43. The van der Waals surface area contributed by atoms with Crippen molar-refractivity contribution in [2.24, 2.45) is 0 Å². The van der Waals surface area contributed by atoms with Gasteiger partial charge in [-0.2, -0.15) is 0 Å². The number of hydrogen-bond donors (Lipinski definition) is 1. The van der Waals surface area contributed by atoms with E-state index >= 15 is 0 Å². The molecule has 0 aliphatic heterocycles. The van der Waals surface area contributed by atoms with E-state index in [1.807, 2.05) is 19.9 Å². The van der Waals surface area contributed by atoms with Gasteiger partial charge in [-0.1, -0.05) is 0 Å². The van der Waals surface area contributed by atoms with Crippen LogP contribution in [0.4, 0.5) is 0 Å². The molecular weight excluding hydrogens is 226 g/mol. The van der Waals surface area contributed by atoms with Crippen molar-refractivity contribution < 1.29 is 0 Å². The Kier molecular flexibility index (Phi) is 2.51. The van der Waals surface area contributed by atoms with Crippen LogP contribution in [0, 0.1) is 13.8 Å². The highest BCUT2D eigenvalue weighted by atomic mass is 16.1. The highest BCUT2D eigenvalue weighted by molar-refractivity contribution is 5.65. The highest BCUT2D eigenvalue weighted by Gasteiger charge is 2.27. The van der Waals surface area contributed by atoms with Crippen LogP contribution in [-0.4, -0.2) is 15.0 Å². The molecule has 0 unspecified atom stereocenters. The molecule has 1 saturated carbocycles. The van der Waals surface area contributed by atoms with E-state index in [0.29, 0.717) is 11.5 Å². The minimum Gasteiger partial charge on any atom is -0.310 e. The van der Waals surface area contributed by atoms with E-state index in [1.54, 1.807) is 12.4 Å². The molecular formula is C14H15N3O. The second-order valence-electron chi connectivity index (χ2n) is 4.89. The summed E-state index contributed by atoms with van der Waals surface area (Å²) in [5, 5.41) is 0. The van der Waals surface area contributed by atoms with Gasteiger partial charge in [-0.15, -0.1) is 0 Å². The fraction of sp³-hybridized carbons (Fsp3) is 0.357. The van der Waals surface area contributed by atoms with Crippen LogP contribution in [0.3, 0.4) is 0 Å². The van der Waals surface area contributed by atoms with Crippen LogP contribution in [0.25, 0.3) is 11.3 Å². The number of nitrogens with zero attached hydrogens (tertiary/aromatic N) is 2. The van der Waals surface area contributed by atoms with Gasteiger partial charge in [-0.3, -0.25) is 9.78 Å². The van der Waals surface area contributed by atoms with Crippen molar-refractivity contribution in [1.29, 1.82) is 0 Å². The molecule has 3 rings (SSSR count). The molecule has 0 saturated heterocycles. The van der Waals surface area contributed by atoms with Crippen LogP contribution in [0.1, 0.15) is 35.7 Å². The summed E-state index contributed by atoms with van der Waals surface area (Å²) in [4.78, 5) is 23.6. The molecule has 0 spiro atoms. The molecule has 18 heavy (non-hydrogen) atoms. The molecule has 0 bridgehead atoms. The summed E-state index contributed by atoms with van der Waals surface area (Å²) in [7, 11) is 0. The number of pyridine rings is 1. The van der Waals surface area contributed by atoms with Gasteiger partial charge < -0.3 is 4.98 Å². The van der Waals surface area contributed by atoms with E-state index in [9.17, 15) is 4.79 Å². The molecule has 2 aromatic rings. The first-order chi connectivity index (χ1) is 8.66. The Labute approximate surface area is 105 Å². The summed E-state index contributed by atoms with van der Waals surface area (Å²) in [5.41, 5.74) is 3.43. The van der Waals surface area contributed by atoms with Crippen LogP contribution < -0.4 is 5.56 Å². The number of aryl methyl sites for hydroxylation is 1. The lowest BCUT2D eigenvalue weighted by Gasteiger charge is -2.09. The minimum absolute atomic E-state index is 0.0369. The summed E-state index contributed by atoms with van der Waals surface area (Å²) >= 11 is 0. The van der Waals surface area contributed by atoms with E-state index in [2.05, 4.69) is 15.0 Å². The van der Waals surface area contributed by atoms with Crippen LogP contribution in [0.15, 0.2) is 23.3 Å². The van der Waals surface area contributed by atoms with E-state index in [-0.39, 0.29) is 5.56 Å². The summed E-state index contributed by atoms with van der Waals surface area (Å²) in [5.74, 6) is 1.26. The number of rotatable bonds is 2. The Morgan fingerprint density at radius 3 is 2.78 bits per heavy atom. The number of hydrogen-bond acceptors (Lipinski definition) is 3. The minimum atomic E-state index is -0.0369. The predicted octanol–water partition coefficient (Wildman–Crippen LogP) is 2.33. The van der Waals surface area contributed by atoms with Gasteiger partial charge in [0.15, 0.2) is 0 Å². The summed E-state index contributed by atoms with van der Waals surface area (Å²) in [6, 6.07) is 1.94. The summed E-state index contributed by atoms with van der Waals surface area (Å²) in [6.45, 7) is 3.82. The molecule has 4 heteroatoms. The third-order valence-corrected chi connectivity index (χ3v) is 3.43. The predicted molar refractivity (Wildman–Crippen MR) is 69.5 cm³/mol. The smallest absolute Gasteiger partial charge is 0.254 e. The second-order valence-corrected chi connectivity index (χ2v) is 4.89. The van der Waals surface area contributed by atoms with Gasteiger partial charge in [0.1, 0.15) is 5.82 Å².